The molecule has 2 rings (SSSR count). The summed E-state index contributed by atoms with van der Waals surface area (Å²) < 4.78 is 31.8. The van der Waals surface area contributed by atoms with Crippen LogP contribution in [0.2, 0.25) is 0 Å². The fourth-order valence-corrected chi connectivity index (χ4v) is 1.76. The predicted molar refractivity (Wildman–Crippen MR) is 73.5 cm³/mol. The van der Waals surface area contributed by atoms with Gasteiger partial charge in [-0.3, -0.25) is 0 Å². The van der Waals surface area contributed by atoms with Crippen LogP contribution in [0.25, 0.3) is 0 Å². The van der Waals surface area contributed by atoms with Gasteiger partial charge in [0.2, 0.25) is 0 Å². The zero-order valence-electron chi connectivity index (χ0n) is 10.1. The van der Waals surface area contributed by atoms with Gasteiger partial charge in [0, 0.05) is 6.07 Å². The third kappa shape index (κ3) is 3.06. The van der Waals surface area contributed by atoms with E-state index in [2.05, 4.69) is 0 Å². The third-order valence-corrected chi connectivity index (χ3v) is 2.74. The van der Waals surface area contributed by atoms with Crippen LogP contribution in [0.5, 0.6) is 11.5 Å². The van der Waals surface area contributed by atoms with Gasteiger partial charge in [0.1, 0.15) is 16.6 Å². The highest BCUT2D eigenvalue weighted by atomic mass is 32.1. The summed E-state index contributed by atoms with van der Waals surface area (Å²) in [4.78, 5) is 0.150. The Labute approximate surface area is 114 Å². The molecule has 0 amide bonds. The molecule has 5 heteroatoms. The van der Waals surface area contributed by atoms with Gasteiger partial charge in [0.25, 0.3) is 0 Å². The van der Waals surface area contributed by atoms with E-state index in [0.29, 0.717) is 11.3 Å². The molecule has 2 nitrogen and oxygen atoms in total. The Balaban J connectivity index is 2.42. The lowest BCUT2D eigenvalue weighted by atomic mass is 10.1. The van der Waals surface area contributed by atoms with Crippen LogP contribution in [0.3, 0.4) is 0 Å². The number of thiocarbonyl (C=S) groups is 1. The number of nitrogens with two attached hydrogens (primary N) is 1. The second-order valence-corrected chi connectivity index (χ2v) is 4.48. The fraction of sp³-hybridized carbons (Fsp3) is 0.0714. The Morgan fingerprint density at radius 2 is 1.84 bits per heavy atom. The van der Waals surface area contributed by atoms with Crippen LogP contribution in [0.1, 0.15) is 11.1 Å². The van der Waals surface area contributed by atoms with Crippen molar-refractivity contribution in [1.29, 1.82) is 0 Å². The van der Waals surface area contributed by atoms with E-state index < -0.39 is 11.6 Å². The second kappa shape index (κ2) is 5.32. The van der Waals surface area contributed by atoms with Gasteiger partial charge in [-0.1, -0.05) is 18.3 Å². The minimum atomic E-state index is -0.782. The summed E-state index contributed by atoms with van der Waals surface area (Å²) in [6, 6.07) is 8.31. The van der Waals surface area contributed by atoms with Gasteiger partial charge in [-0.15, -0.1) is 0 Å². The van der Waals surface area contributed by atoms with Crippen molar-refractivity contribution in [2.75, 3.05) is 0 Å². The second-order valence-electron chi connectivity index (χ2n) is 4.04. The molecule has 0 heterocycles. The average molecular weight is 279 g/mol. The van der Waals surface area contributed by atoms with Crippen LogP contribution in [-0.2, 0) is 0 Å². The zero-order chi connectivity index (χ0) is 14.0. The monoisotopic (exact) mass is 279 g/mol. The van der Waals surface area contributed by atoms with E-state index in [4.69, 9.17) is 22.7 Å². The number of halogens is 2. The van der Waals surface area contributed by atoms with Gasteiger partial charge >= 0.3 is 0 Å². The molecule has 0 bridgehead atoms. The maximum absolute atomic E-state index is 13.5. The first-order chi connectivity index (χ1) is 8.97. The Morgan fingerprint density at radius 3 is 2.47 bits per heavy atom. The average Bonchev–Trinajstić information content (AvgIpc) is 2.32. The molecule has 0 radical (unpaired) electrons. The fourth-order valence-electron chi connectivity index (χ4n) is 1.59. The molecule has 98 valence electrons. The minimum absolute atomic E-state index is 0.0792. The maximum atomic E-state index is 13.5. The van der Waals surface area contributed by atoms with Gasteiger partial charge in [-0.2, -0.15) is 0 Å². The molecule has 2 aromatic rings. The standard InChI is InChI=1S/C14H11F2NOS/c1-8-2-4-10(14(17)19)13(6-8)18-12-5-3-9(15)7-11(12)16/h2-7H,1H3,(H2,17,19). The van der Waals surface area contributed by atoms with Crippen molar-refractivity contribution in [2.24, 2.45) is 5.73 Å². The molecular weight excluding hydrogens is 268 g/mol. The van der Waals surface area contributed by atoms with Gasteiger partial charge in [0.05, 0.1) is 5.56 Å². The highest BCUT2D eigenvalue weighted by molar-refractivity contribution is 7.80. The zero-order valence-corrected chi connectivity index (χ0v) is 10.9. The first-order valence-electron chi connectivity index (χ1n) is 5.51. The number of ether oxygens (including phenoxy) is 1. The lowest BCUT2D eigenvalue weighted by Gasteiger charge is -2.11. The van der Waals surface area contributed by atoms with Crippen molar-refractivity contribution < 1.29 is 13.5 Å². The van der Waals surface area contributed by atoms with Crippen LogP contribution in [0, 0.1) is 18.6 Å². The molecule has 0 atom stereocenters. The van der Waals surface area contributed by atoms with Crippen molar-refractivity contribution in [1.82, 2.24) is 0 Å². The van der Waals surface area contributed by atoms with Crippen LogP contribution in [-0.4, -0.2) is 4.99 Å². The molecule has 2 N–H and O–H groups in total. The summed E-state index contributed by atoms with van der Waals surface area (Å²) in [5.41, 5.74) is 7.00. The summed E-state index contributed by atoms with van der Waals surface area (Å²) in [7, 11) is 0. The summed E-state index contributed by atoms with van der Waals surface area (Å²) in [6.07, 6.45) is 0. The van der Waals surface area contributed by atoms with E-state index in [1.165, 1.54) is 6.07 Å². The number of hydrogen-bond acceptors (Lipinski definition) is 2. The Bertz CT molecular complexity index is 643. The molecule has 0 fully saturated rings. The number of benzene rings is 2. The maximum Gasteiger partial charge on any atom is 0.168 e. The van der Waals surface area contributed by atoms with E-state index in [9.17, 15) is 8.78 Å². The lowest BCUT2D eigenvalue weighted by Crippen LogP contribution is -2.11. The third-order valence-electron chi connectivity index (χ3n) is 2.52. The number of aryl methyl sites for hydroxylation is 1. The molecule has 0 spiro atoms. The highest BCUT2D eigenvalue weighted by Gasteiger charge is 2.11. The van der Waals surface area contributed by atoms with Gasteiger partial charge in [-0.05, 0) is 36.8 Å². The van der Waals surface area contributed by atoms with Crippen LogP contribution < -0.4 is 10.5 Å². The normalized spacial score (nSPS) is 10.3. The minimum Gasteiger partial charge on any atom is -0.454 e. The number of hydrogen-bond donors (Lipinski definition) is 1. The van der Waals surface area contributed by atoms with Crippen molar-refractivity contribution in [3.8, 4) is 11.5 Å². The molecular formula is C14H11F2NOS. The largest absolute Gasteiger partial charge is 0.454 e. The first-order valence-corrected chi connectivity index (χ1v) is 5.91. The van der Waals surface area contributed by atoms with E-state index in [-0.39, 0.29) is 10.7 Å². The summed E-state index contributed by atoms with van der Waals surface area (Å²) in [5, 5.41) is 0. The van der Waals surface area contributed by atoms with Crippen LogP contribution >= 0.6 is 12.2 Å². The van der Waals surface area contributed by atoms with Crippen LogP contribution in [0.4, 0.5) is 8.78 Å². The van der Waals surface area contributed by atoms with E-state index in [0.717, 1.165) is 17.7 Å². The summed E-state index contributed by atoms with van der Waals surface area (Å²) in [5.74, 6) is -1.18. The molecule has 0 saturated heterocycles. The van der Waals surface area contributed by atoms with E-state index in [1.807, 2.05) is 13.0 Å². The first kappa shape index (κ1) is 13.4. The van der Waals surface area contributed by atoms with Crippen molar-refractivity contribution in [3.05, 3.63) is 59.2 Å². The summed E-state index contributed by atoms with van der Waals surface area (Å²) in [6.45, 7) is 1.86. The topological polar surface area (TPSA) is 35.2 Å². The van der Waals surface area contributed by atoms with Gasteiger partial charge in [-0.25, -0.2) is 8.78 Å². The van der Waals surface area contributed by atoms with Gasteiger partial charge < -0.3 is 10.5 Å². The Hall–Kier alpha value is -2.01. The van der Waals surface area contributed by atoms with Crippen molar-refractivity contribution in [2.45, 2.75) is 6.92 Å². The van der Waals surface area contributed by atoms with E-state index >= 15 is 0 Å². The predicted octanol–water partition coefficient (Wildman–Crippen LogP) is 3.70. The molecule has 2 aromatic carbocycles. The Kier molecular flexibility index (Phi) is 3.76. The molecule has 19 heavy (non-hydrogen) atoms. The SMILES string of the molecule is Cc1ccc(C(N)=S)c(Oc2ccc(F)cc2F)c1. The molecule has 0 saturated carbocycles. The molecule has 0 aliphatic rings. The lowest BCUT2D eigenvalue weighted by molar-refractivity contribution is 0.437. The van der Waals surface area contributed by atoms with Gasteiger partial charge in [0.15, 0.2) is 11.6 Å². The molecule has 0 aliphatic heterocycles. The van der Waals surface area contributed by atoms with E-state index in [1.54, 1.807) is 12.1 Å². The number of rotatable bonds is 3. The molecule has 0 unspecified atom stereocenters. The van der Waals surface area contributed by atoms with Crippen molar-refractivity contribution in [3.63, 3.8) is 0 Å². The highest BCUT2D eigenvalue weighted by Crippen LogP contribution is 2.28. The van der Waals surface area contributed by atoms with Crippen molar-refractivity contribution >= 4 is 17.2 Å². The summed E-state index contributed by atoms with van der Waals surface area (Å²) >= 11 is 4.91. The smallest absolute Gasteiger partial charge is 0.168 e. The Morgan fingerprint density at radius 1 is 1.11 bits per heavy atom. The quantitative estimate of drug-likeness (QED) is 0.870. The van der Waals surface area contributed by atoms with Crippen LogP contribution in [0.15, 0.2) is 36.4 Å². The molecule has 0 aliphatic carbocycles. The molecule has 0 aromatic heterocycles.